The minimum atomic E-state index is -5.08. The summed E-state index contributed by atoms with van der Waals surface area (Å²) in [5.74, 6) is -0.666. The van der Waals surface area contributed by atoms with E-state index in [1.54, 1.807) is 12.1 Å². The summed E-state index contributed by atoms with van der Waals surface area (Å²) in [5, 5.41) is 0. The molecule has 184 valence electrons. The first-order chi connectivity index (χ1) is 16.7. The molecule has 0 spiro atoms. The van der Waals surface area contributed by atoms with Crippen molar-refractivity contribution in [3.63, 3.8) is 0 Å². The van der Waals surface area contributed by atoms with Gasteiger partial charge in [-0.2, -0.15) is 13.2 Å². The van der Waals surface area contributed by atoms with Crippen molar-refractivity contribution in [2.45, 2.75) is 17.9 Å². The highest BCUT2D eigenvalue weighted by atomic mass is 19.4. The number of methoxy groups -OCH3 is 1. The van der Waals surface area contributed by atoms with E-state index in [-0.39, 0.29) is 12.4 Å². The second-order valence-corrected chi connectivity index (χ2v) is 7.56. The Bertz CT molecular complexity index is 1170. The Morgan fingerprint density at radius 2 is 1.66 bits per heavy atom. The van der Waals surface area contributed by atoms with Crippen LogP contribution in [0.5, 0.6) is 23.0 Å². The lowest BCUT2D eigenvalue weighted by Gasteiger charge is -2.33. The molecule has 1 aliphatic rings. The van der Waals surface area contributed by atoms with E-state index in [0.717, 1.165) is 19.2 Å². The molecule has 4 rings (SSSR count). The van der Waals surface area contributed by atoms with Crippen LogP contribution in [0.1, 0.15) is 5.56 Å². The third-order valence-electron chi connectivity index (χ3n) is 5.26. The van der Waals surface area contributed by atoms with Crippen molar-refractivity contribution in [1.82, 2.24) is 0 Å². The molecule has 0 bridgehead atoms. The number of hydrogen-bond donors (Lipinski definition) is 0. The third kappa shape index (κ3) is 5.02. The number of esters is 1. The summed E-state index contributed by atoms with van der Waals surface area (Å²) in [4.78, 5) is 12.7. The zero-order valence-electron chi connectivity index (χ0n) is 18.4. The zero-order valence-corrected chi connectivity index (χ0v) is 18.4. The van der Waals surface area contributed by atoms with Crippen LogP contribution in [0.3, 0.4) is 0 Å². The Hall–Kier alpha value is -3.79. The highest BCUT2D eigenvalue weighted by Gasteiger charge is 2.64. The van der Waals surface area contributed by atoms with E-state index in [1.165, 1.54) is 48.5 Å². The van der Waals surface area contributed by atoms with Crippen LogP contribution in [0.4, 0.5) is 17.6 Å². The average Bonchev–Trinajstić information content (AvgIpc) is 2.84. The van der Waals surface area contributed by atoms with E-state index in [4.69, 9.17) is 23.7 Å². The molecule has 3 aromatic rings. The topological polar surface area (TPSA) is 63.2 Å². The fourth-order valence-electron chi connectivity index (χ4n) is 3.54. The summed E-state index contributed by atoms with van der Waals surface area (Å²) in [6.45, 7) is -0.578. The summed E-state index contributed by atoms with van der Waals surface area (Å²) in [6, 6.07) is 16.6. The number of hydrogen-bond acceptors (Lipinski definition) is 6. The van der Waals surface area contributed by atoms with Gasteiger partial charge in [-0.05, 0) is 36.4 Å². The first-order valence-corrected chi connectivity index (χ1v) is 10.4. The summed E-state index contributed by atoms with van der Waals surface area (Å²) in [6.07, 6.45) is -5.96. The molecule has 0 saturated heterocycles. The van der Waals surface area contributed by atoms with Gasteiger partial charge >= 0.3 is 12.1 Å². The van der Waals surface area contributed by atoms with E-state index < -0.39 is 41.8 Å². The third-order valence-corrected chi connectivity index (χ3v) is 5.26. The maximum absolute atomic E-state index is 14.0. The summed E-state index contributed by atoms with van der Waals surface area (Å²) < 4.78 is 81.8. The van der Waals surface area contributed by atoms with E-state index in [1.807, 2.05) is 0 Å². The highest BCUT2D eigenvalue weighted by Crippen LogP contribution is 2.43. The molecule has 0 aromatic heterocycles. The molecule has 35 heavy (non-hydrogen) atoms. The molecule has 0 fully saturated rings. The monoisotopic (exact) mass is 492 g/mol. The lowest BCUT2D eigenvalue weighted by Crippen LogP contribution is -2.52. The lowest BCUT2D eigenvalue weighted by molar-refractivity contribution is -0.277. The summed E-state index contributed by atoms with van der Waals surface area (Å²) >= 11 is 0. The van der Waals surface area contributed by atoms with Crippen LogP contribution >= 0.6 is 0 Å². The molecule has 1 aliphatic heterocycles. The fraction of sp³-hybridized carbons (Fsp3) is 0.240. The van der Waals surface area contributed by atoms with Crippen LogP contribution in [0.2, 0.25) is 0 Å². The number of fused-ring (bicyclic) bond motifs is 1. The van der Waals surface area contributed by atoms with Gasteiger partial charge in [-0.25, -0.2) is 9.18 Å². The number of rotatable bonds is 7. The van der Waals surface area contributed by atoms with Crippen molar-refractivity contribution >= 4 is 5.97 Å². The lowest BCUT2D eigenvalue weighted by atomic mass is 9.93. The molecule has 3 aromatic carbocycles. The summed E-state index contributed by atoms with van der Waals surface area (Å²) in [5.41, 5.74) is -3.70. The molecule has 0 amide bonds. The zero-order chi connectivity index (χ0) is 25.1. The van der Waals surface area contributed by atoms with Crippen LogP contribution in [0.25, 0.3) is 0 Å². The first kappa shape index (κ1) is 24.3. The van der Waals surface area contributed by atoms with Crippen LogP contribution in [0, 0.1) is 5.82 Å². The molecule has 6 nitrogen and oxygen atoms in total. The molecule has 1 unspecified atom stereocenters. The number of ether oxygens (including phenoxy) is 5. The van der Waals surface area contributed by atoms with E-state index in [9.17, 15) is 22.4 Å². The quantitative estimate of drug-likeness (QED) is 0.325. The summed E-state index contributed by atoms with van der Waals surface area (Å²) in [7, 11) is 0.793. The Balaban J connectivity index is 1.45. The smallest absolute Gasteiger partial charge is 0.432 e. The SMILES string of the molecule is COC(C(=O)OC[C@H]1COc2ccc(Oc3ccc(F)cc3)cc2O1)(c1ccccc1)C(F)(F)F. The van der Waals surface area contributed by atoms with Gasteiger partial charge in [-0.3, -0.25) is 0 Å². The van der Waals surface area contributed by atoms with Gasteiger partial charge in [0.2, 0.25) is 0 Å². The van der Waals surface area contributed by atoms with Crippen LogP contribution < -0.4 is 14.2 Å². The fourth-order valence-corrected chi connectivity index (χ4v) is 3.54. The maximum Gasteiger partial charge on any atom is 0.432 e. The maximum atomic E-state index is 14.0. The van der Waals surface area contributed by atoms with Crippen molar-refractivity contribution in [2.75, 3.05) is 20.3 Å². The van der Waals surface area contributed by atoms with Crippen molar-refractivity contribution < 1.29 is 46.0 Å². The minimum absolute atomic E-state index is 0.0597. The van der Waals surface area contributed by atoms with Crippen molar-refractivity contribution in [2.24, 2.45) is 0 Å². The standard InChI is InChI=1S/C25H20F4O6/c1-31-24(25(27,28)29,16-5-3-2-4-6-16)23(30)33-15-20-14-32-21-12-11-19(13-22(21)35-20)34-18-9-7-17(26)8-10-18/h2-13,20H,14-15H2,1H3/t20-,24?/m1/s1. The second-order valence-electron chi connectivity index (χ2n) is 7.56. The van der Waals surface area contributed by atoms with E-state index >= 15 is 0 Å². The van der Waals surface area contributed by atoms with Crippen molar-refractivity contribution in [3.05, 3.63) is 84.2 Å². The predicted octanol–water partition coefficient (Wildman–Crippen LogP) is 5.41. The van der Waals surface area contributed by atoms with Gasteiger partial charge < -0.3 is 23.7 Å². The second kappa shape index (κ2) is 9.83. The molecule has 0 N–H and O–H groups in total. The van der Waals surface area contributed by atoms with Gasteiger partial charge in [-0.15, -0.1) is 0 Å². The molecule has 2 atom stereocenters. The van der Waals surface area contributed by atoms with Gasteiger partial charge in [0.05, 0.1) is 0 Å². The largest absolute Gasteiger partial charge is 0.486 e. The normalized spacial score (nSPS) is 16.8. The van der Waals surface area contributed by atoms with Crippen molar-refractivity contribution in [3.8, 4) is 23.0 Å². The first-order valence-electron chi connectivity index (χ1n) is 10.4. The molecular weight excluding hydrogens is 472 g/mol. The Morgan fingerprint density at radius 3 is 2.31 bits per heavy atom. The number of benzene rings is 3. The Kier molecular flexibility index (Phi) is 6.83. The average molecular weight is 492 g/mol. The predicted molar refractivity (Wildman–Crippen MR) is 115 cm³/mol. The van der Waals surface area contributed by atoms with Crippen LogP contribution in [-0.4, -0.2) is 38.6 Å². The van der Waals surface area contributed by atoms with Gasteiger partial charge in [0.15, 0.2) is 17.6 Å². The molecule has 0 saturated carbocycles. The molecule has 0 aliphatic carbocycles. The number of halogens is 4. The van der Waals surface area contributed by atoms with Gasteiger partial charge in [0.25, 0.3) is 5.60 Å². The van der Waals surface area contributed by atoms with Gasteiger partial charge in [-0.1, -0.05) is 30.3 Å². The molecule has 0 radical (unpaired) electrons. The van der Waals surface area contributed by atoms with Gasteiger partial charge in [0.1, 0.15) is 30.5 Å². The molecule has 10 heteroatoms. The van der Waals surface area contributed by atoms with Gasteiger partial charge in [0, 0.05) is 18.7 Å². The minimum Gasteiger partial charge on any atom is -0.486 e. The number of carbonyl (C=O) groups excluding carboxylic acids is 1. The highest BCUT2D eigenvalue weighted by molar-refractivity contribution is 5.82. The van der Waals surface area contributed by atoms with E-state index in [2.05, 4.69) is 0 Å². The Morgan fingerprint density at radius 1 is 0.971 bits per heavy atom. The van der Waals surface area contributed by atoms with Crippen LogP contribution in [0.15, 0.2) is 72.8 Å². The molecule has 1 heterocycles. The Labute approximate surface area is 197 Å². The van der Waals surface area contributed by atoms with E-state index in [0.29, 0.717) is 17.2 Å². The van der Waals surface area contributed by atoms with Crippen LogP contribution in [-0.2, 0) is 19.9 Å². The number of alkyl halides is 3. The number of carbonyl (C=O) groups is 1. The van der Waals surface area contributed by atoms with Crippen molar-refractivity contribution in [1.29, 1.82) is 0 Å². The molecular formula is C25H20F4O6.